The zero-order valence-corrected chi connectivity index (χ0v) is 10.6. The molecule has 0 saturated carbocycles. The molecule has 2 saturated heterocycles. The van der Waals surface area contributed by atoms with Gasteiger partial charge in [-0.05, 0) is 25.9 Å². The molecule has 6 heteroatoms. The van der Waals surface area contributed by atoms with Crippen molar-refractivity contribution in [2.45, 2.75) is 25.3 Å². The van der Waals surface area contributed by atoms with Gasteiger partial charge in [0.1, 0.15) is 0 Å². The molecule has 0 aliphatic carbocycles. The molecule has 2 aliphatic heterocycles. The lowest BCUT2D eigenvalue weighted by Gasteiger charge is -2.16. The van der Waals surface area contributed by atoms with E-state index in [0.717, 1.165) is 64.1 Å². The normalized spacial score (nSPS) is 26.3. The van der Waals surface area contributed by atoms with Crippen molar-refractivity contribution < 1.29 is 9.26 Å². The van der Waals surface area contributed by atoms with Gasteiger partial charge in [-0.15, -0.1) is 0 Å². The molecular weight excluding hydrogens is 232 g/mol. The summed E-state index contributed by atoms with van der Waals surface area (Å²) >= 11 is 0. The number of hydrogen-bond acceptors (Lipinski definition) is 6. The fourth-order valence-corrected chi connectivity index (χ4v) is 2.49. The Kier molecular flexibility index (Phi) is 3.87. The van der Waals surface area contributed by atoms with Crippen LogP contribution in [0.25, 0.3) is 0 Å². The van der Waals surface area contributed by atoms with E-state index in [9.17, 15) is 0 Å². The Morgan fingerprint density at radius 2 is 2.33 bits per heavy atom. The summed E-state index contributed by atoms with van der Waals surface area (Å²) in [6.07, 6.45) is 2.18. The van der Waals surface area contributed by atoms with Crippen LogP contribution in [0.5, 0.6) is 0 Å². The van der Waals surface area contributed by atoms with Crippen LogP contribution in [-0.2, 0) is 11.3 Å². The van der Waals surface area contributed by atoms with E-state index in [1.54, 1.807) is 0 Å². The smallest absolute Gasteiger partial charge is 0.240 e. The van der Waals surface area contributed by atoms with E-state index in [2.05, 4.69) is 20.4 Å². The minimum absolute atomic E-state index is 0.327. The molecule has 0 spiro atoms. The van der Waals surface area contributed by atoms with Gasteiger partial charge in [0.15, 0.2) is 5.82 Å². The first-order valence-corrected chi connectivity index (χ1v) is 6.75. The highest BCUT2D eigenvalue weighted by atomic mass is 16.5. The lowest BCUT2D eigenvalue weighted by molar-refractivity contribution is 0.192. The van der Waals surface area contributed by atoms with Crippen LogP contribution in [0.1, 0.15) is 30.5 Å². The van der Waals surface area contributed by atoms with E-state index in [4.69, 9.17) is 9.26 Å². The number of rotatable bonds is 3. The van der Waals surface area contributed by atoms with Crippen LogP contribution in [0.3, 0.4) is 0 Å². The average Bonchev–Trinajstić information content (AvgIpc) is 2.98. The van der Waals surface area contributed by atoms with Crippen LogP contribution in [0.15, 0.2) is 4.52 Å². The van der Waals surface area contributed by atoms with Crippen molar-refractivity contribution in [3.8, 4) is 0 Å². The summed E-state index contributed by atoms with van der Waals surface area (Å²) in [6.45, 7) is 6.59. The molecule has 0 bridgehead atoms. The largest absolute Gasteiger partial charge is 0.381 e. The predicted octanol–water partition coefficient (Wildman–Crippen LogP) is 0.369. The third kappa shape index (κ3) is 2.88. The molecule has 100 valence electrons. The molecule has 6 nitrogen and oxygen atoms in total. The first-order chi connectivity index (χ1) is 8.92. The zero-order chi connectivity index (χ0) is 12.2. The van der Waals surface area contributed by atoms with Gasteiger partial charge in [-0.2, -0.15) is 4.98 Å². The minimum atomic E-state index is 0.327. The molecule has 0 radical (unpaired) electrons. The number of hydrogen-bond donors (Lipinski definition) is 1. The van der Waals surface area contributed by atoms with Crippen molar-refractivity contribution in [1.82, 2.24) is 20.4 Å². The summed E-state index contributed by atoms with van der Waals surface area (Å²) in [7, 11) is 0. The monoisotopic (exact) mass is 252 g/mol. The van der Waals surface area contributed by atoms with Crippen molar-refractivity contribution in [3.05, 3.63) is 11.7 Å². The first kappa shape index (κ1) is 12.1. The van der Waals surface area contributed by atoms with Gasteiger partial charge in [0.05, 0.1) is 13.2 Å². The van der Waals surface area contributed by atoms with Gasteiger partial charge in [0.2, 0.25) is 5.89 Å². The van der Waals surface area contributed by atoms with Crippen LogP contribution >= 0.6 is 0 Å². The van der Waals surface area contributed by atoms with Gasteiger partial charge < -0.3 is 14.6 Å². The molecule has 1 aromatic heterocycles. The van der Waals surface area contributed by atoms with Crippen molar-refractivity contribution in [1.29, 1.82) is 0 Å². The molecule has 3 heterocycles. The standard InChI is InChI=1S/C12H20N4O2/c1-3-13-4-6-16(5-1)8-11-14-12(15-18-11)10-2-7-17-9-10/h10,13H,1-9H2. The van der Waals surface area contributed by atoms with Gasteiger partial charge in [0, 0.05) is 25.6 Å². The second-order valence-electron chi connectivity index (χ2n) is 4.99. The van der Waals surface area contributed by atoms with E-state index in [1.807, 2.05) is 0 Å². The molecule has 1 atom stereocenters. The summed E-state index contributed by atoms with van der Waals surface area (Å²) in [5.41, 5.74) is 0. The number of nitrogens with zero attached hydrogens (tertiary/aromatic N) is 3. The molecule has 3 rings (SSSR count). The second-order valence-corrected chi connectivity index (χ2v) is 4.99. The van der Waals surface area contributed by atoms with E-state index < -0.39 is 0 Å². The highest BCUT2D eigenvalue weighted by molar-refractivity contribution is 4.97. The molecule has 0 amide bonds. The van der Waals surface area contributed by atoms with Gasteiger partial charge in [-0.25, -0.2) is 0 Å². The molecule has 0 aromatic carbocycles. The van der Waals surface area contributed by atoms with Crippen LogP contribution in [0.4, 0.5) is 0 Å². The maximum atomic E-state index is 5.35. The van der Waals surface area contributed by atoms with E-state index in [-0.39, 0.29) is 0 Å². The second kappa shape index (κ2) is 5.77. The fraction of sp³-hybridized carbons (Fsp3) is 0.833. The highest BCUT2D eigenvalue weighted by Crippen LogP contribution is 2.22. The molecule has 1 aromatic rings. The van der Waals surface area contributed by atoms with Gasteiger partial charge >= 0.3 is 0 Å². The SMILES string of the molecule is C1CNCCN(Cc2nc(C3CCOC3)no2)C1. The predicted molar refractivity (Wildman–Crippen MR) is 65.2 cm³/mol. The molecule has 18 heavy (non-hydrogen) atoms. The Labute approximate surface area is 107 Å². The first-order valence-electron chi connectivity index (χ1n) is 6.75. The van der Waals surface area contributed by atoms with Gasteiger partial charge in [-0.1, -0.05) is 5.16 Å². The highest BCUT2D eigenvalue weighted by Gasteiger charge is 2.23. The average molecular weight is 252 g/mol. The summed E-state index contributed by atoms with van der Waals surface area (Å²) < 4.78 is 10.7. The number of ether oxygens (including phenoxy) is 1. The topological polar surface area (TPSA) is 63.4 Å². The lowest BCUT2D eigenvalue weighted by Crippen LogP contribution is -2.27. The minimum Gasteiger partial charge on any atom is -0.381 e. The lowest BCUT2D eigenvalue weighted by atomic mass is 10.1. The summed E-state index contributed by atoms with van der Waals surface area (Å²) in [5.74, 6) is 1.88. The molecule has 2 fully saturated rings. The van der Waals surface area contributed by atoms with Crippen LogP contribution < -0.4 is 5.32 Å². The molecule has 1 unspecified atom stereocenters. The van der Waals surface area contributed by atoms with Crippen molar-refractivity contribution in [2.75, 3.05) is 39.4 Å². The maximum Gasteiger partial charge on any atom is 0.240 e. The molecular formula is C12H20N4O2. The van der Waals surface area contributed by atoms with Crippen molar-refractivity contribution in [3.63, 3.8) is 0 Å². The van der Waals surface area contributed by atoms with E-state index in [1.165, 1.54) is 6.42 Å². The third-order valence-corrected chi connectivity index (χ3v) is 3.57. The molecule has 1 N–H and O–H groups in total. The Balaban J connectivity index is 1.58. The Bertz CT molecular complexity index is 368. The summed E-state index contributed by atoms with van der Waals surface area (Å²) in [6, 6.07) is 0. The van der Waals surface area contributed by atoms with Crippen molar-refractivity contribution in [2.24, 2.45) is 0 Å². The Hall–Kier alpha value is -0.980. The fourth-order valence-electron chi connectivity index (χ4n) is 2.49. The summed E-state index contributed by atoms with van der Waals surface area (Å²) in [4.78, 5) is 6.86. The van der Waals surface area contributed by atoms with Crippen LogP contribution in [0, 0.1) is 0 Å². The van der Waals surface area contributed by atoms with E-state index in [0.29, 0.717) is 5.92 Å². The number of nitrogens with one attached hydrogen (secondary N) is 1. The van der Waals surface area contributed by atoms with Gasteiger partial charge in [-0.3, -0.25) is 4.90 Å². The Morgan fingerprint density at radius 1 is 1.33 bits per heavy atom. The quantitative estimate of drug-likeness (QED) is 0.838. The number of aromatic nitrogens is 2. The van der Waals surface area contributed by atoms with Crippen LogP contribution in [0.2, 0.25) is 0 Å². The van der Waals surface area contributed by atoms with Gasteiger partial charge in [0.25, 0.3) is 0 Å². The van der Waals surface area contributed by atoms with Crippen molar-refractivity contribution >= 4 is 0 Å². The third-order valence-electron chi connectivity index (χ3n) is 3.57. The maximum absolute atomic E-state index is 5.35. The van der Waals surface area contributed by atoms with E-state index >= 15 is 0 Å². The molecule has 2 aliphatic rings. The Morgan fingerprint density at radius 3 is 3.22 bits per heavy atom. The zero-order valence-electron chi connectivity index (χ0n) is 10.6. The van der Waals surface area contributed by atoms with Crippen LogP contribution in [-0.4, -0.2) is 54.4 Å². The summed E-state index contributed by atoms with van der Waals surface area (Å²) in [5, 5.41) is 7.47.